The number of hydrogen-bond acceptors (Lipinski definition) is 2. The van der Waals surface area contributed by atoms with Gasteiger partial charge in [-0.3, -0.25) is 4.98 Å². The predicted molar refractivity (Wildman–Crippen MR) is 78.0 cm³/mol. The fourth-order valence-electron chi connectivity index (χ4n) is 1.40. The lowest BCUT2D eigenvalue weighted by atomic mass is 10.2. The molecule has 0 aliphatic heterocycles. The summed E-state index contributed by atoms with van der Waals surface area (Å²) in [5.74, 6) is 0. The first-order valence-electron chi connectivity index (χ1n) is 5.04. The Hall–Kier alpha value is -0.670. The molecular formula is C12H8Cl4N2. The summed E-state index contributed by atoms with van der Waals surface area (Å²) in [4.78, 5) is 3.92. The van der Waals surface area contributed by atoms with Gasteiger partial charge in [-0.25, -0.2) is 0 Å². The summed E-state index contributed by atoms with van der Waals surface area (Å²) in [7, 11) is 0. The zero-order valence-corrected chi connectivity index (χ0v) is 12.1. The van der Waals surface area contributed by atoms with Crippen LogP contribution in [0.3, 0.4) is 0 Å². The molecule has 2 rings (SSSR count). The first-order valence-corrected chi connectivity index (χ1v) is 6.56. The van der Waals surface area contributed by atoms with E-state index in [0.29, 0.717) is 32.3 Å². The zero-order chi connectivity index (χ0) is 13.1. The van der Waals surface area contributed by atoms with E-state index in [9.17, 15) is 0 Å². The van der Waals surface area contributed by atoms with Crippen LogP contribution in [-0.4, -0.2) is 4.98 Å². The van der Waals surface area contributed by atoms with Crippen molar-refractivity contribution in [2.24, 2.45) is 0 Å². The number of hydrogen-bond donors (Lipinski definition) is 1. The van der Waals surface area contributed by atoms with Gasteiger partial charge in [-0.15, -0.1) is 0 Å². The maximum Gasteiger partial charge on any atom is 0.0653 e. The maximum absolute atomic E-state index is 6.06. The van der Waals surface area contributed by atoms with Gasteiger partial charge in [-0.1, -0.05) is 46.4 Å². The van der Waals surface area contributed by atoms with E-state index in [0.717, 1.165) is 5.56 Å². The number of anilines is 1. The molecule has 0 aliphatic rings. The van der Waals surface area contributed by atoms with Gasteiger partial charge >= 0.3 is 0 Å². The molecule has 0 amide bonds. The minimum atomic E-state index is 0.425. The van der Waals surface area contributed by atoms with Crippen LogP contribution in [0.2, 0.25) is 20.1 Å². The molecule has 2 nitrogen and oxygen atoms in total. The second-order valence-electron chi connectivity index (χ2n) is 3.57. The van der Waals surface area contributed by atoms with Gasteiger partial charge in [0, 0.05) is 18.9 Å². The lowest BCUT2D eigenvalue weighted by molar-refractivity contribution is 1.13. The summed E-state index contributed by atoms with van der Waals surface area (Å²) in [5.41, 5.74) is 1.63. The van der Waals surface area contributed by atoms with Gasteiger partial charge in [0.05, 0.1) is 25.8 Å². The molecule has 0 spiro atoms. The minimum Gasteiger partial charge on any atom is -0.380 e. The third kappa shape index (κ3) is 3.21. The molecule has 1 heterocycles. The lowest BCUT2D eigenvalue weighted by Gasteiger charge is -2.10. The maximum atomic E-state index is 6.06. The molecule has 94 valence electrons. The molecule has 6 heteroatoms. The van der Waals surface area contributed by atoms with Crippen molar-refractivity contribution in [3.8, 4) is 0 Å². The Balaban J connectivity index is 2.16. The quantitative estimate of drug-likeness (QED) is 0.775. The van der Waals surface area contributed by atoms with Gasteiger partial charge in [0.25, 0.3) is 0 Å². The van der Waals surface area contributed by atoms with Gasteiger partial charge in [-0.2, -0.15) is 0 Å². The molecule has 0 saturated heterocycles. The second-order valence-corrected chi connectivity index (χ2v) is 5.20. The van der Waals surface area contributed by atoms with E-state index >= 15 is 0 Å². The van der Waals surface area contributed by atoms with Crippen molar-refractivity contribution in [2.45, 2.75) is 6.54 Å². The van der Waals surface area contributed by atoms with Crippen molar-refractivity contribution in [3.05, 3.63) is 56.2 Å². The highest BCUT2D eigenvalue weighted by molar-refractivity contribution is 6.44. The van der Waals surface area contributed by atoms with Crippen molar-refractivity contribution in [2.75, 3.05) is 5.32 Å². The van der Waals surface area contributed by atoms with Crippen LogP contribution >= 0.6 is 46.4 Å². The van der Waals surface area contributed by atoms with Gasteiger partial charge in [0.15, 0.2) is 0 Å². The van der Waals surface area contributed by atoms with Crippen LogP contribution in [0.5, 0.6) is 0 Å². The molecule has 0 bridgehead atoms. The van der Waals surface area contributed by atoms with Crippen LogP contribution in [0.15, 0.2) is 30.6 Å². The molecule has 0 atom stereocenters. The molecule has 0 aliphatic carbocycles. The summed E-state index contributed by atoms with van der Waals surface area (Å²) in [6, 6.07) is 5.12. The highest BCUT2D eigenvalue weighted by Gasteiger charge is 2.06. The number of nitrogens with one attached hydrogen (secondary N) is 1. The Morgan fingerprint density at radius 2 is 1.67 bits per heavy atom. The van der Waals surface area contributed by atoms with Crippen molar-refractivity contribution in [1.82, 2.24) is 4.98 Å². The molecule has 0 fully saturated rings. The number of rotatable bonds is 3. The Morgan fingerprint density at radius 3 is 2.39 bits per heavy atom. The molecular weight excluding hydrogens is 314 g/mol. The van der Waals surface area contributed by atoms with Crippen molar-refractivity contribution >= 4 is 52.1 Å². The summed E-state index contributed by atoms with van der Waals surface area (Å²) >= 11 is 23.8. The molecule has 18 heavy (non-hydrogen) atoms. The smallest absolute Gasteiger partial charge is 0.0653 e. The fourth-order valence-corrected chi connectivity index (χ4v) is 2.20. The van der Waals surface area contributed by atoms with Crippen LogP contribution in [0, 0.1) is 0 Å². The van der Waals surface area contributed by atoms with Gasteiger partial charge in [0.2, 0.25) is 0 Å². The number of halogens is 4. The van der Waals surface area contributed by atoms with Crippen LogP contribution in [0.25, 0.3) is 0 Å². The molecule has 0 saturated carbocycles. The van der Waals surface area contributed by atoms with Crippen LogP contribution in [0.1, 0.15) is 5.56 Å². The third-order valence-corrected chi connectivity index (χ3v) is 3.71. The van der Waals surface area contributed by atoms with Crippen LogP contribution in [-0.2, 0) is 6.54 Å². The van der Waals surface area contributed by atoms with E-state index < -0.39 is 0 Å². The second kappa shape index (κ2) is 5.98. The largest absolute Gasteiger partial charge is 0.380 e. The summed E-state index contributed by atoms with van der Waals surface area (Å²) in [5, 5.41) is 5.13. The predicted octanol–water partition coefficient (Wildman–Crippen LogP) is 5.31. The van der Waals surface area contributed by atoms with E-state index in [-0.39, 0.29) is 0 Å². The minimum absolute atomic E-state index is 0.425. The molecule has 2 aromatic rings. The van der Waals surface area contributed by atoms with Gasteiger partial charge < -0.3 is 5.32 Å². The Bertz CT molecular complexity index is 572. The molecule has 1 aromatic heterocycles. The van der Waals surface area contributed by atoms with E-state index in [1.165, 1.54) is 0 Å². The number of benzene rings is 1. The normalized spacial score (nSPS) is 10.4. The first kappa shape index (κ1) is 13.8. The highest BCUT2D eigenvalue weighted by Crippen LogP contribution is 2.32. The highest BCUT2D eigenvalue weighted by atomic mass is 35.5. The number of pyridine rings is 1. The Labute approximate surface area is 125 Å². The standard InChI is InChI=1S/C12H8Cl4N2/c13-8-3-10(15)12(4-9(8)14)18-5-7-1-2-17-6-11(7)16/h1-4,6,18H,5H2. The van der Waals surface area contributed by atoms with Crippen molar-refractivity contribution in [1.29, 1.82) is 0 Å². The molecule has 0 radical (unpaired) electrons. The third-order valence-electron chi connectivity index (χ3n) is 2.34. The number of nitrogens with zero attached hydrogens (tertiary/aromatic N) is 1. The lowest BCUT2D eigenvalue weighted by Crippen LogP contribution is -2.01. The van der Waals surface area contributed by atoms with Crippen molar-refractivity contribution < 1.29 is 0 Å². The van der Waals surface area contributed by atoms with Gasteiger partial charge in [0.1, 0.15) is 0 Å². The number of aromatic nitrogens is 1. The van der Waals surface area contributed by atoms with E-state index in [4.69, 9.17) is 46.4 Å². The van der Waals surface area contributed by atoms with Crippen molar-refractivity contribution in [3.63, 3.8) is 0 Å². The molecule has 0 unspecified atom stereocenters. The van der Waals surface area contributed by atoms with E-state index in [1.54, 1.807) is 24.5 Å². The molecule has 1 aromatic carbocycles. The average Bonchev–Trinajstić information content (AvgIpc) is 2.34. The Morgan fingerprint density at radius 1 is 0.944 bits per heavy atom. The van der Waals surface area contributed by atoms with Crippen LogP contribution < -0.4 is 5.32 Å². The summed E-state index contributed by atoms with van der Waals surface area (Å²) in [6.07, 6.45) is 3.27. The topological polar surface area (TPSA) is 24.9 Å². The summed E-state index contributed by atoms with van der Waals surface area (Å²) < 4.78 is 0. The monoisotopic (exact) mass is 320 g/mol. The van der Waals surface area contributed by atoms with Crippen LogP contribution in [0.4, 0.5) is 5.69 Å². The molecule has 1 N–H and O–H groups in total. The Kier molecular flexibility index (Phi) is 4.57. The SMILES string of the molecule is Clc1cc(Cl)c(NCc2ccncc2Cl)cc1Cl. The first-order chi connectivity index (χ1) is 8.58. The van der Waals surface area contributed by atoms with E-state index in [1.807, 2.05) is 6.07 Å². The summed E-state index contributed by atoms with van der Waals surface area (Å²) in [6.45, 7) is 0.527. The fraction of sp³-hybridized carbons (Fsp3) is 0.0833. The average molecular weight is 322 g/mol. The van der Waals surface area contributed by atoms with E-state index in [2.05, 4.69) is 10.3 Å². The zero-order valence-electron chi connectivity index (χ0n) is 9.05. The van der Waals surface area contributed by atoms with Gasteiger partial charge in [-0.05, 0) is 23.8 Å².